The summed E-state index contributed by atoms with van der Waals surface area (Å²) >= 11 is 0. The van der Waals surface area contributed by atoms with Crippen molar-refractivity contribution < 1.29 is 9.47 Å². The summed E-state index contributed by atoms with van der Waals surface area (Å²) in [6, 6.07) is 0. The van der Waals surface area contributed by atoms with Gasteiger partial charge >= 0.3 is 0 Å². The number of hydrogen-bond acceptors (Lipinski definition) is 2. The van der Waals surface area contributed by atoms with Crippen molar-refractivity contribution in [3.63, 3.8) is 0 Å². The molecule has 0 radical (unpaired) electrons. The van der Waals surface area contributed by atoms with Gasteiger partial charge in [0.15, 0.2) is 0 Å². The summed E-state index contributed by atoms with van der Waals surface area (Å²) in [7, 11) is 0. The minimum absolute atomic E-state index is 0.396. The van der Waals surface area contributed by atoms with Crippen LogP contribution in [0.3, 0.4) is 0 Å². The first-order valence-corrected chi connectivity index (χ1v) is 7.80. The van der Waals surface area contributed by atoms with Gasteiger partial charge in [0, 0.05) is 6.61 Å². The van der Waals surface area contributed by atoms with Crippen molar-refractivity contribution in [1.29, 1.82) is 0 Å². The summed E-state index contributed by atoms with van der Waals surface area (Å²) in [5, 5.41) is 0. The molecule has 5 unspecified atom stereocenters. The molecule has 19 heavy (non-hydrogen) atoms. The summed E-state index contributed by atoms with van der Waals surface area (Å²) in [5.74, 6) is 2.04. The number of ether oxygens (including phenoxy) is 2. The molecule has 0 bridgehead atoms. The van der Waals surface area contributed by atoms with Gasteiger partial charge in [-0.1, -0.05) is 39.8 Å². The fourth-order valence-corrected chi connectivity index (χ4v) is 4.31. The van der Waals surface area contributed by atoms with Crippen LogP contribution in [0.1, 0.15) is 41.0 Å². The quantitative estimate of drug-likeness (QED) is 0.536. The Morgan fingerprint density at radius 1 is 1.05 bits per heavy atom. The van der Waals surface area contributed by atoms with Crippen LogP contribution >= 0.6 is 0 Å². The van der Waals surface area contributed by atoms with E-state index in [-0.39, 0.29) is 0 Å². The molecular weight excluding hydrogens is 236 g/mol. The molecule has 2 aliphatic rings. The standard InChI is InChI=1S/C17H30O2/c1-6-18-9-10-19-12-15-11-16(4)13(2)7-8-14(3)17(15,16)5/h7-8,13-15H,6,9-12H2,1-5H3. The van der Waals surface area contributed by atoms with E-state index >= 15 is 0 Å². The molecule has 0 aromatic rings. The van der Waals surface area contributed by atoms with Gasteiger partial charge < -0.3 is 9.47 Å². The summed E-state index contributed by atoms with van der Waals surface area (Å²) in [6.07, 6.45) is 6.13. The van der Waals surface area contributed by atoms with E-state index in [2.05, 4.69) is 39.8 Å². The van der Waals surface area contributed by atoms with Crippen LogP contribution in [0.25, 0.3) is 0 Å². The molecule has 2 rings (SSSR count). The third-order valence-corrected chi connectivity index (χ3v) is 6.28. The van der Waals surface area contributed by atoms with Crippen molar-refractivity contribution in [2.24, 2.45) is 28.6 Å². The van der Waals surface area contributed by atoms with Crippen LogP contribution in [0.15, 0.2) is 12.2 Å². The molecule has 0 saturated heterocycles. The average molecular weight is 266 g/mol. The third-order valence-electron chi connectivity index (χ3n) is 6.28. The lowest BCUT2D eigenvalue weighted by Gasteiger charge is -2.68. The largest absolute Gasteiger partial charge is 0.379 e. The first-order valence-electron chi connectivity index (χ1n) is 7.80. The highest BCUT2D eigenvalue weighted by Gasteiger charge is 2.64. The molecule has 2 nitrogen and oxygen atoms in total. The minimum atomic E-state index is 0.396. The van der Waals surface area contributed by atoms with Crippen LogP contribution in [-0.4, -0.2) is 26.4 Å². The Morgan fingerprint density at radius 2 is 1.68 bits per heavy atom. The Labute approximate surface area is 118 Å². The van der Waals surface area contributed by atoms with Crippen LogP contribution in [0, 0.1) is 28.6 Å². The SMILES string of the molecule is CCOCCOCC1CC2(C)C(C)C=CC(C)C12C. The van der Waals surface area contributed by atoms with E-state index in [0.717, 1.165) is 26.4 Å². The molecule has 1 saturated carbocycles. The summed E-state index contributed by atoms with van der Waals surface area (Å²) < 4.78 is 11.2. The van der Waals surface area contributed by atoms with Gasteiger partial charge in [-0.25, -0.2) is 0 Å². The average Bonchev–Trinajstić information content (AvgIpc) is 2.40. The van der Waals surface area contributed by atoms with Gasteiger partial charge in [0.05, 0.1) is 19.8 Å². The van der Waals surface area contributed by atoms with Crippen molar-refractivity contribution in [1.82, 2.24) is 0 Å². The maximum Gasteiger partial charge on any atom is 0.0700 e. The maximum atomic E-state index is 5.83. The van der Waals surface area contributed by atoms with E-state index in [0.29, 0.717) is 28.6 Å². The van der Waals surface area contributed by atoms with Crippen LogP contribution in [0.5, 0.6) is 0 Å². The van der Waals surface area contributed by atoms with E-state index < -0.39 is 0 Å². The second kappa shape index (κ2) is 5.57. The van der Waals surface area contributed by atoms with Crippen molar-refractivity contribution in [2.45, 2.75) is 41.0 Å². The second-order valence-electron chi connectivity index (χ2n) is 6.84. The Hall–Kier alpha value is -0.340. The Bertz CT molecular complexity index is 338. The molecule has 0 aromatic carbocycles. The summed E-state index contributed by atoms with van der Waals surface area (Å²) in [4.78, 5) is 0. The van der Waals surface area contributed by atoms with E-state index in [1.807, 2.05) is 6.92 Å². The van der Waals surface area contributed by atoms with Crippen molar-refractivity contribution in [3.8, 4) is 0 Å². The topological polar surface area (TPSA) is 18.5 Å². The highest BCUT2D eigenvalue weighted by molar-refractivity contribution is 5.21. The molecule has 0 amide bonds. The number of allylic oxidation sites excluding steroid dienone is 2. The molecular formula is C17H30O2. The molecule has 0 heterocycles. The summed E-state index contributed by atoms with van der Waals surface area (Å²) in [6.45, 7) is 14.8. The second-order valence-corrected chi connectivity index (χ2v) is 6.84. The predicted molar refractivity (Wildman–Crippen MR) is 79.1 cm³/mol. The fraction of sp³-hybridized carbons (Fsp3) is 0.882. The van der Waals surface area contributed by atoms with Crippen LogP contribution < -0.4 is 0 Å². The van der Waals surface area contributed by atoms with Crippen LogP contribution in [0.2, 0.25) is 0 Å². The molecule has 0 spiro atoms. The molecule has 2 aliphatic carbocycles. The zero-order chi connectivity index (χ0) is 14.1. The van der Waals surface area contributed by atoms with Gasteiger partial charge in [0.2, 0.25) is 0 Å². The highest BCUT2D eigenvalue weighted by Crippen LogP contribution is 2.69. The Balaban J connectivity index is 1.90. The lowest BCUT2D eigenvalue weighted by atomic mass is 9.37. The van der Waals surface area contributed by atoms with Crippen molar-refractivity contribution in [3.05, 3.63) is 12.2 Å². The third kappa shape index (κ3) is 2.27. The van der Waals surface area contributed by atoms with Gasteiger partial charge in [-0.15, -0.1) is 0 Å². The molecule has 110 valence electrons. The molecule has 0 N–H and O–H groups in total. The van der Waals surface area contributed by atoms with E-state index in [1.165, 1.54) is 6.42 Å². The zero-order valence-electron chi connectivity index (χ0n) is 13.2. The number of rotatable bonds is 6. The smallest absolute Gasteiger partial charge is 0.0700 e. The Morgan fingerprint density at radius 3 is 2.37 bits per heavy atom. The van der Waals surface area contributed by atoms with E-state index in [9.17, 15) is 0 Å². The first-order chi connectivity index (χ1) is 8.96. The van der Waals surface area contributed by atoms with Crippen LogP contribution in [-0.2, 0) is 9.47 Å². The molecule has 1 fully saturated rings. The minimum Gasteiger partial charge on any atom is -0.379 e. The predicted octanol–water partition coefficient (Wildman–Crippen LogP) is 3.91. The Kier molecular flexibility index (Phi) is 4.42. The molecule has 2 heteroatoms. The van der Waals surface area contributed by atoms with E-state index in [4.69, 9.17) is 9.47 Å². The maximum absolute atomic E-state index is 5.83. The lowest BCUT2D eigenvalue weighted by molar-refractivity contribution is -0.195. The van der Waals surface area contributed by atoms with Gasteiger partial charge in [0.1, 0.15) is 0 Å². The van der Waals surface area contributed by atoms with E-state index in [1.54, 1.807) is 0 Å². The van der Waals surface area contributed by atoms with Gasteiger partial charge in [-0.2, -0.15) is 0 Å². The number of hydrogen-bond donors (Lipinski definition) is 0. The molecule has 0 aromatic heterocycles. The van der Waals surface area contributed by atoms with Crippen LogP contribution in [0.4, 0.5) is 0 Å². The normalized spacial score (nSPS) is 44.8. The number of fused-ring (bicyclic) bond motifs is 1. The van der Waals surface area contributed by atoms with Gasteiger partial charge in [-0.3, -0.25) is 0 Å². The van der Waals surface area contributed by atoms with Crippen molar-refractivity contribution in [2.75, 3.05) is 26.4 Å². The van der Waals surface area contributed by atoms with Crippen molar-refractivity contribution >= 4 is 0 Å². The van der Waals surface area contributed by atoms with Gasteiger partial charge in [0.25, 0.3) is 0 Å². The monoisotopic (exact) mass is 266 g/mol. The summed E-state index contributed by atoms with van der Waals surface area (Å²) in [5.41, 5.74) is 0.849. The highest BCUT2D eigenvalue weighted by atomic mass is 16.5. The zero-order valence-corrected chi connectivity index (χ0v) is 13.2. The molecule has 5 atom stereocenters. The van der Waals surface area contributed by atoms with Gasteiger partial charge in [-0.05, 0) is 41.9 Å². The lowest BCUT2D eigenvalue weighted by Crippen LogP contribution is -2.63. The first kappa shape index (κ1) is 15.1. The molecule has 0 aliphatic heterocycles. The fourth-order valence-electron chi connectivity index (χ4n) is 4.31.